The van der Waals surface area contributed by atoms with E-state index in [4.69, 9.17) is 4.74 Å². The van der Waals surface area contributed by atoms with Crippen LogP contribution < -0.4 is 15.0 Å². The van der Waals surface area contributed by atoms with Crippen molar-refractivity contribution in [3.8, 4) is 5.75 Å². The van der Waals surface area contributed by atoms with Crippen LogP contribution in [-0.2, 0) is 16.1 Å². The number of carbonyl (C=O) groups excluding carboxylic acids is 3. The first-order chi connectivity index (χ1) is 18.4. The highest BCUT2D eigenvalue weighted by Crippen LogP contribution is 2.37. The highest BCUT2D eigenvalue weighted by molar-refractivity contribution is 6.25. The Kier molecular flexibility index (Phi) is 8.66. The van der Waals surface area contributed by atoms with Crippen molar-refractivity contribution in [2.75, 3.05) is 18.6 Å². The predicted octanol–water partition coefficient (Wildman–Crippen LogP) is 5.31. The van der Waals surface area contributed by atoms with Gasteiger partial charge in [0.25, 0.3) is 5.91 Å². The molecule has 0 saturated heterocycles. The zero-order chi connectivity index (χ0) is 27.2. The van der Waals surface area contributed by atoms with Gasteiger partial charge >= 0.3 is 0 Å². The summed E-state index contributed by atoms with van der Waals surface area (Å²) in [5.41, 5.74) is 2.52. The number of hydrogen-bond donors (Lipinski definition) is 1. The molecule has 1 aliphatic rings. The Bertz CT molecular complexity index is 1300. The molecule has 200 valence electrons. The molecule has 0 radical (unpaired) electrons. The second-order valence-corrected chi connectivity index (χ2v) is 9.85. The average molecular weight is 516 g/mol. The molecule has 0 spiro atoms. The van der Waals surface area contributed by atoms with Gasteiger partial charge in [0.2, 0.25) is 11.8 Å². The molecule has 1 aliphatic heterocycles. The smallest absolute Gasteiger partial charge is 0.258 e. The molecule has 7 nitrogen and oxygen atoms in total. The summed E-state index contributed by atoms with van der Waals surface area (Å²) in [6.07, 6.45) is 2.05. The highest BCUT2D eigenvalue weighted by Gasteiger charge is 2.31. The van der Waals surface area contributed by atoms with Crippen LogP contribution in [0.25, 0.3) is 10.8 Å². The number of hydrogen-bond acceptors (Lipinski definition) is 4. The van der Waals surface area contributed by atoms with Gasteiger partial charge in [0.05, 0.1) is 12.8 Å². The molecule has 2 unspecified atom stereocenters. The van der Waals surface area contributed by atoms with E-state index in [-0.39, 0.29) is 30.2 Å². The van der Waals surface area contributed by atoms with Crippen molar-refractivity contribution in [1.82, 2.24) is 10.2 Å². The number of ether oxygens (including phenoxy) is 1. The molecule has 0 fully saturated rings. The molecular formula is C31H37N3O4. The number of methoxy groups -OCH3 is 1. The van der Waals surface area contributed by atoms with Crippen molar-refractivity contribution in [2.24, 2.45) is 0 Å². The number of anilines is 1. The zero-order valence-corrected chi connectivity index (χ0v) is 22.7. The van der Waals surface area contributed by atoms with Crippen molar-refractivity contribution in [1.29, 1.82) is 0 Å². The summed E-state index contributed by atoms with van der Waals surface area (Å²) >= 11 is 0. The average Bonchev–Trinajstić information content (AvgIpc) is 3.21. The first kappa shape index (κ1) is 27.2. The number of benzene rings is 3. The van der Waals surface area contributed by atoms with Crippen molar-refractivity contribution >= 4 is 34.2 Å². The molecule has 3 aromatic carbocycles. The maximum atomic E-state index is 13.6. The van der Waals surface area contributed by atoms with E-state index in [1.807, 2.05) is 81.4 Å². The standard InChI is InChI=1S/C31H37N3O4/c1-5-21(3)32-30(36)26(6-2)34(20-22-15-17-24(38-4)18-16-22)28(35)14-9-19-33-27-13-8-11-23-10-7-12-25(29(23)27)31(33)37/h7-8,10-13,15-18,21,26H,5-6,9,14,19-20H2,1-4H3,(H,32,36). The Hall–Kier alpha value is -3.87. The molecular weight excluding hydrogens is 478 g/mol. The summed E-state index contributed by atoms with van der Waals surface area (Å²) in [5, 5.41) is 5.05. The van der Waals surface area contributed by atoms with Gasteiger partial charge in [-0.25, -0.2) is 0 Å². The minimum atomic E-state index is -0.579. The summed E-state index contributed by atoms with van der Waals surface area (Å²) < 4.78 is 5.26. The van der Waals surface area contributed by atoms with E-state index in [1.165, 1.54) is 0 Å². The normalized spacial score (nSPS) is 13.9. The van der Waals surface area contributed by atoms with Crippen molar-refractivity contribution in [3.05, 3.63) is 71.8 Å². The third kappa shape index (κ3) is 5.67. The highest BCUT2D eigenvalue weighted by atomic mass is 16.5. The lowest BCUT2D eigenvalue weighted by Crippen LogP contribution is -2.50. The molecule has 1 N–H and O–H groups in total. The number of amides is 3. The van der Waals surface area contributed by atoms with E-state index in [0.717, 1.165) is 34.2 Å². The van der Waals surface area contributed by atoms with Crippen LogP contribution in [0.5, 0.6) is 5.75 Å². The van der Waals surface area contributed by atoms with Crippen LogP contribution >= 0.6 is 0 Å². The second-order valence-electron chi connectivity index (χ2n) is 9.85. The Balaban J connectivity index is 1.49. The van der Waals surface area contributed by atoms with Crippen LogP contribution in [0, 0.1) is 0 Å². The predicted molar refractivity (Wildman–Crippen MR) is 150 cm³/mol. The first-order valence-electron chi connectivity index (χ1n) is 13.4. The lowest BCUT2D eigenvalue weighted by Gasteiger charge is -2.32. The topological polar surface area (TPSA) is 79.0 Å². The molecule has 0 aliphatic carbocycles. The van der Waals surface area contributed by atoms with E-state index in [2.05, 4.69) is 5.32 Å². The molecule has 3 amide bonds. The maximum absolute atomic E-state index is 13.6. The summed E-state index contributed by atoms with van der Waals surface area (Å²) in [6, 6.07) is 18.7. The minimum absolute atomic E-state index is 0.0278. The fraction of sp³-hybridized carbons (Fsp3) is 0.387. The number of carbonyl (C=O) groups is 3. The van der Waals surface area contributed by atoms with Crippen LogP contribution in [0.4, 0.5) is 5.69 Å². The summed E-state index contributed by atoms with van der Waals surface area (Å²) in [4.78, 5) is 43.3. The van der Waals surface area contributed by atoms with Gasteiger partial charge in [0, 0.05) is 36.5 Å². The molecule has 3 aromatic rings. The molecule has 7 heteroatoms. The van der Waals surface area contributed by atoms with Crippen LogP contribution in [0.1, 0.15) is 62.4 Å². The van der Waals surface area contributed by atoms with Crippen LogP contribution in [0.3, 0.4) is 0 Å². The fourth-order valence-corrected chi connectivity index (χ4v) is 5.02. The van der Waals surface area contributed by atoms with Gasteiger partial charge in [0.1, 0.15) is 11.8 Å². The second kappa shape index (κ2) is 12.1. The molecule has 1 heterocycles. The quantitative estimate of drug-likeness (QED) is 0.355. The number of nitrogens with zero attached hydrogens (tertiary/aromatic N) is 2. The van der Waals surface area contributed by atoms with E-state index >= 15 is 0 Å². The van der Waals surface area contributed by atoms with Gasteiger partial charge in [-0.05, 0) is 61.4 Å². The molecule has 0 saturated carbocycles. The molecule has 38 heavy (non-hydrogen) atoms. The van der Waals surface area contributed by atoms with Gasteiger partial charge < -0.3 is 19.9 Å². The Morgan fingerprint density at radius 2 is 1.71 bits per heavy atom. The van der Waals surface area contributed by atoms with Gasteiger partial charge in [0.15, 0.2) is 0 Å². The van der Waals surface area contributed by atoms with E-state index < -0.39 is 6.04 Å². The number of nitrogens with one attached hydrogen (secondary N) is 1. The molecule has 0 aromatic heterocycles. The largest absolute Gasteiger partial charge is 0.497 e. The third-order valence-corrected chi connectivity index (χ3v) is 7.32. The van der Waals surface area contributed by atoms with Gasteiger partial charge in [-0.3, -0.25) is 14.4 Å². The Labute approximate surface area is 224 Å². The SMILES string of the molecule is CCC(C)NC(=O)C(CC)N(Cc1ccc(OC)cc1)C(=O)CCCN1C(=O)c2cccc3cccc1c23. The maximum Gasteiger partial charge on any atom is 0.258 e. The van der Waals surface area contributed by atoms with E-state index in [1.54, 1.807) is 16.9 Å². The van der Waals surface area contributed by atoms with Gasteiger partial charge in [-0.2, -0.15) is 0 Å². The summed E-state index contributed by atoms with van der Waals surface area (Å²) in [5.74, 6) is 0.466. The number of rotatable bonds is 12. The van der Waals surface area contributed by atoms with Crippen LogP contribution in [-0.4, -0.2) is 48.4 Å². The van der Waals surface area contributed by atoms with E-state index in [0.29, 0.717) is 31.5 Å². The molecule has 4 rings (SSSR count). The Morgan fingerprint density at radius 1 is 1.00 bits per heavy atom. The van der Waals surface area contributed by atoms with Crippen molar-refractivity contribution < 1.29 is 19.1 Å². The summed E-state index contributed by atoms with van der Waals surface area (Å²) in [7, 11) is 1.61. The monoisotopic (exact) mass is 515 g/mol. The van der Waals surface area contributed by atoms with Crippen LogP contribution in [0.2, 0.25) is 0 Å². The van der Waals surface area contributed by atoms with Gasteiger partial charge in [-0.15, -0.1) is 0 Å². The van der Waals surface area contributed by atoms with E-state index in [9.17, 15) is 14.4 Å². The molecule has 0 bridgehead atoms. The van der Waals surface area contributed by atoms with Crippen molar-refractivity contribution in [2.45, 2.75) is 65.1 Å². The fourth-order valence-electron chi connectivity index (χ4n) is 5.02. The van der Waals surface area contributed by atoms with Gasteiger partial charge in [-0.1, -0.05) is 50.2 Å². The first-order valence-corrected chi connectivity index (χ1v) is 13.4. The third-order valence-electron chi connectivity index (χ3n) is 7.32. The Morgan fingerprint density at radius 3 is 2.37 bits per heavy atom. The minimum Gasteiger partial charge on any atom is -0.497 e. The summed E-state index contributed by atoms with van der Waals surface area (Å²) in [6.45, 7) is 6.67. The lowest BCUT2D eigenvalue weighted by atomic mass is 10.1. The lowest BCUT2D eigenvalue weighted by molar-refractivity contribution is -0.141. The van der Waals surface area contributed by atoms with Crippen LogP contribution in [0.15, 0.2) is 60.7 Å². The zero-order valence-electron chi connectivity index (χ0n) is 22.7. The van der Waals surface area contributed by atoms with Crippen molar-refractivity contribution in [3.63, 3.8) is 0 Å². The molecule has 2 atom stereocenters.